The molecule has 1 N–H and O–H groups in total. The minimum Gasteiger partial charge on any atom is -0.444 e. The summed E-state index contributed by atoms with van der Waals surface area (Å²) in [6.45, 7) is 10.8. The first-order valence-electron chi connectivity index (χ1n) is 5.99. The van der Waals surface area contributed by atoms with E-state index < -0.39 is 17.1 Å². The summed E-state index contributed by atoms with van der Waals surface area (Å²) >= 11 is 1.29. The van der Waals surface area contributed by atoms with Crippen molar-refractivity contribution >= 4 is 28.8 Å². The molecule has 0 saturated carbocycles. The van der Waals surface area contributed by atoms with Gasteiger partial charge in [0.2, 0.25) is 0 Å². The maximum Gasteiger partial charge on any atom is 0.413 e. The van der Waals surface area contributed by atoms with Crippen LogP contribution in [-0.2, 0) is 14.9 Å². The fraction of sp³-hybridized carbons (Fsp3) is 0.615. The van der Waals surface area contributed by atoms with Gasteiger partial charge in [0.15, 0.2) is 5.13 Å². The third-order valence-corrected chi connectivity index (χ3v) is 3.70. The lowest BCUT2D eigenvalue weighted by Crippen LogP contribution is -2.27. The molecule has 0 radical (unpaired) electrons. The van der Waals surface area contributed by atoms with Crippen LogP contribution in [0.5, 0.6) is 0 Å². The van der Waals surface area contributed by atoms with E-state index in [4.69, 9.17) is 4.74 Å². The number of anilines is 1. The van der Waals surface area contributed by atoms with Crippen molar-refractivity contribution in [3.05, 3.63) is 10.6 Å². The van der Waals surface area contributed by atoms with Gasteiger partial charge in [-0.05, 0) is 41.5 Å². The molecule has 0 spiro atoms. The highest BCUT2D eigenvalue weighted by molar-refractivity contribution is 7.16. The Morgan fingerprint density at radius 1 is 1.32 bits per heavy atom. The molecule has 6 heteroatoms. The molecular weight excluding hydrogens is 264 g/mol. The monoisotopic (exact) mass is 284 g/mol. The van der Waals surface area contributed by atoms with Gasteiger partial charge in [0.1, 0.15) is 11.9 Å². The van der Waals surface area contributed by atoms with Gasteiger partial charge in [-0.1, -0.05) is 0 Å². The number of amides is 1. The van der Waals surface area contributed by atoms with Crippen LogP contribution in [0.15, 0.2) is 0 Å². The predicted molar refractivity (Wildman–Crippen MR) is 75.8 cm³/mol. The molecule has 1 aromatic rings. The first-order chi connectivity index (χ1) is 8.55. The SMILES string of the molecule is Cc1nc(NC(=O)OC(C)(C)C)sc1C(C)(C)C=O. The van der Waals surface area contributed by atoms with Crippen LogP contribution in [0.2, 0.25) is 0 Å². The fourth-order valence-corrected chi connectivity index (χ4v) is 2.51. The average Bonchev–Trinajstić information content (AvgIpc) is 2.57. The first-order valence-corrected chi connectivity index (χ1v) is 6.81. The van der Waals surface area contributed by atoms with Gasteiger partial charge in [-0.15, -0.1) is 11.3 Å². The number of hydrogen-bond donors (Lipinski definition) is 1. The van der Waals surface area contributed by atoms with Crippen molar-refractivity contribution in [2.45, 2.75) is 52.6 Å². The minimum absolute atomic E-state index is 0.441. The second-order valence-corrected chi connectivity index (χ2v) is 6.90. The first kappa shape index (κ1) is 15.6. The minimum atomic E-state index is -0.602. The zero-order valence-electron chi connectivity index (χ0n) is 12.2. The molecule has 19 heavy (non-hydrogen) atoms. The van der Waals surface area contributed by atoms with E-state index in [1.54, 1.807) is 20.8 Å². The number of carbonyl (C=O) groups is 2. The van der Waals surface area contributed by atoms with Gasteiger partial charge in [-0.25, -0.2) is 9.78 Å². The van der Waals surface area contributed by atoms with E-state index in [1.807, 2.05) is 20.8 Å². The number of nitrogens with zero attached hydrogens (tertiary/aromatic N) is 1. The molecule has 1 heterocycles. The van der Waals surface area contributed by atoms with Crippen molar-refractivity contribution in [3.63, 3.8) is 0 Å². The quantitative estimate of drug-likeness (QED) is 0.865. The van der Waals surface area contributed by atoms with Crippen molar-refractivity contribution in [2.24, 2.45) is 0 Å². The average molecular weight is 284 g/mol. The van der Waals surface area contributed by atoms with Crippen molar-refractivity contribution in [2.75, 3.05) is 5.32 Å². The van der Waals surface area contributed by atoms with Gasteiger partial charge >= 0.3 is 6.09 Å². The van der Waals surface area contributed by atoms with Crippen molar-refractivity contribution in [3.8, 4) is 0 Å². The van der Waals surface area contributed by atoms with Crippen LogP contribution < -0.4 is 5.32 Å². The number of nitrogens with one attached hydrogen (secondary N) is 1. The third kappa shape index (κ3) is 4.31. The maximum atomic E-state index is 11.6. The van der Waals surface area contributed by atoms with Crippen molar-refractivity contribution in [1.29, 1.82) is 0 Å². The molecule has 0 atom stereocenters. The molecule has 1 aromatic heterocycles. The van der Waals surface area contributed by atoms with E-state index in [2.05, 4.69) is 10.3 Å². The Kier molecular flexibility index (Phi) is 4.35. The smallest absolute Gasteiger partial charge is 0.413 e. The maximum absolute atomic E-state index is 11.6. The summed E-state index contributed by atoms with van der Waals surface area (Å²) in [4.78, 5) is 27.8. The number of aromatic nitrogens is 1. The second kappa shape index (κ2) is 5.28. The Balaban J connectivity index is 2.85. The summed E-state index contributed by atoms with van der Waals surface area (Å²) in [5.41, 5.74) is -0.412. The van der Waals surface area contributed by atoms with E-state index in [1.165, 1.54) is 11.3 Å². The second-order valence-electron chi connectivity index (χ2n) is 5.90. The van der Waals surface area contributed by atoms with Crippen LogP contribution in [-0.4, -0.2) is 23.0 Å². The molecule has 0 aliphatic heterocycles. The van der Waals surface area contributed by atoms with Crippen LogP contribution in [0.25, 0.3) is 0 Å². The molecule has 1 rings (SSSR count). The molecule has 0 unspecified atom stereocenters. The number of hydrogen-bond acceptors (Lipinski definition) is 5. The largest absolute Gasteiger partial charge is 0.444 e. The van der Waals surface area contributed by atoms with E-state index in [0.29, 0.717) is 5.13 Å². The molecule has 5 nitrogen and oxygen atoms in total. The number of ether oxygens (including phenoxy) is 1. The van der Waals surface area contributed by atoms with Gasteiger partial charge in [-0.3, -0.25) is 5.32 Å². The molecule has 0 fully saturated rings. The molecule has 1 amide bonds. The van der Waals surface area contributed by atoms with Crippen molar-refractivity contribution in [1.82, 2.24) is 4.98 Å². The van der Waals surface area contributed by atoms with E-state index in [0.717, 1.165) is 16.9 Å². The molecule has 0 aliphatic rings. The standard InChI is InChI=1S/C13H20N2O3S/c1-8-9(13(5,6)7-16)19-10(14-8)15-11(17)18-12(2,3)4/h7H,1-6H3,(H,14,15,17). The Labute approximate surface area is 117 Å². The molecule has 0 bridgehead atoms. The number of rotatable bonds is 3. The highest BCUT2D eigenvalue weighted by atomic mass is 32.1. The highest BCUT2D eigenvalue weighted by Gasteiger charge is 2.26. The van der Waals surface area contributed by atoms with E-state index >= 15 is 0 Å². The molecule has 106 valence electrons. The Morgan fingerprint density at radius 3 is 2.37 bits per heavy atom. The summed E-state index contributed by atoms with van der Waals surface area (Å²) in [7, 11) is 0. The van der Waals surface area contributed by atoms with Gasteiger partial charge in [0.25, 0.3) is 0 Å². The Morgan fingerprint density at radius 2 is 1.89 bits per heavy atom. The zero-order chi connectivity index (χ0) is 14.8. The van der Waals surface area contributed by atoms with Crippen molar-refractivity contribution < 1.29 is 14.3 Å². The number of aryl methyl sites for hydroxylation is 1. The summed E-state index contributed by atoms with van der Waals surface area (Å²) < 4.78 is 5.15. The third-order valence-electron chi connectivity index (χ3n) is 2.28. The summed E-state index contributed by atoms with van der Waals surface area (Å²) in [6.07, 6.45) is 0.335. The van der Waals surface area contributed by atoms with E-state index in [-0.39, 0.29) is 0 Å². The van der Waals surface area contributed by atoms with Gasteiger partial charge in [0.05, 0.1) is 11.1 Å². The lowest BCUT2D eigenvalue weighted by Gasteiger charge is -2.19. The number of aldehydes is 1. The predicted octanol–water partition coefficient (Wildman–Crippen LogP) is 3.28. The summed E-state index contributed by atoms with van der Waals surface area (Å²) in [6, 6.07) is 0. The Hall–Kier alpha value is -1.43. The summed E-state index contributed by atoms with van der Waals surface area (Å²) in [5.74, 6) is 0. The molecular formula is C13H20N2O3S. The molecule has 0 aliphatic carbocycles. The van der Waals surface area contributed by atoms with E-state index in [9.17, 15) is 9.59 Å². The van der Waals surface area contributed by atoms with Crippen LogP contribution in [0.4, 0.5) is 9.93 Å². The Bertz CT molecular complexity index is 487. The van der Waals surface area contributed by atoms with Gasteiger partial charge in [0, 0.05) is 4.88 Å². The van der Waals surface area contributed by atoms with Gasteiger partial charge in [-0.2, -0.15) is 0 Å². The lowest BCUT2D eigenvalue weighted by molar-refractivity contribution is -0.111. The summed E-state index contributed by atoms with van der Waals surface area (Å²) in [5, 5.41) is 3.03. The number of thiazole rings is 1. The van der Waals surface area contributed by atoms with Crippen LogP contribution in [0.1, 0.15) is 45.2 Å². The lowest BCUT2D eigenvalue weighted by atomic mass is 9.93. The number of carbonyl (C=O) groups excluding carboxylic acids is 2. The zero-order valence-corrected chi connectivity index (χ0v) is 13.0. The fourth-order valence-electron chi connectivity index (χ4n) is 1.49. The molecule has 0 saturated heterocycles. The molecule has 0 aromatic carbocycles. The topological polar surface area (TPSA) is 68.3 Å². The highest BCUT2D eigenvalue weighted by Crippen LogP contribution is 2.32. The van der Waals surface area contributed by atoms with Gasteiger partial charge < -0.3 is 9.53 Å². The normalized spacial score (nSPS) is 12.1. The van der Waals surface area contributed by atoms with Crippen LogP contribution >= 0.6 is 11.3 Å². The van der Waals surface area contributed by atoms with Crippen LogP contribution in [0, 0.1) is 6.92 Å². The van der Waals surface area contributed by atoms with Crippen LogP contribution in [0.3, 0.4) is 0 Å².